The fourth-order valence-electron chi connectivity index (χ4n) is 2.38. The number of aromatic nitrogens is 1. The van der Waals surface area contributed by atoms with E-state index in [0.717, 1.165) is 17.3 Å². The lowest BCUT2D eigenvalue weighted by Crippen LogP contribution is -2.30. The lowest BCUT2D eigenvalue weighted by molar-refractivity contribution is -0.122. The molecule has 144 valence electrons. The highest BCUT2D eigenvalue weighted by Gasteiger charge is 2.16. The maximum Gasteiger partial charge on any atom is 0.265 e. The number of halogens is 2. The molecule has 2 aromatic carbocycles. The highest BCUT2D eigenvalue weighted by molar-refractivity contribution is 6.30. The fraction of sp³-hybridized carbons (Fsp3) is 0.143. The van der Waals surface area contributed by atoms with Crippen LogP contribution in [0.15, 0.2) is 60.8 Å². The third-order valence-electron chi connectivity index (χ3n) is 3.90. The molecule has 0 aliphatic rings. The van der Waals surface area contributed by atoms with Crippen molar-refractivity contribution in [2.24, 2.45) is 0 Å². The first-order valence-corrected chi connectivity index (χ1v) is 8.92. The molecule has 1 amide bonds. The van der Waals surface area contributed by atoms with E-state index in [1.165, 1.54) is 6.20 Å². The number of aryl methyl sites for hydroxylation is 1. The summed E-state index contributed by atoms with van der Waals surface area (Å²) in [6, 6.07) is 15.1. The standard InChI is InChI=1S/C21H18ClFN2O3/c1-13-5-3-4-6-19(13)25-20(26)14(2)27-16-7-9-17(10-8-16)28-21-18(23)11-15(22)12-24-21/h3-12,14H,1-2H3,(H,25,26)/t14-/m1/s1. The minimum Gasteiger partial charge on any atom is -0.481 e. The van der Waals surface area contributed by atoms with E-state index in [2.05, 4.69) is 10.3 Å². The second-order valence-corrected chi connectivity index (χ2v) is 6.51. The Kier molecular flexibility index (Phi) is 6.11. The van der Waals surface area contributed by atoms with Crippen LogP contribution in [0.2, 0.25) is 5.02 Å². The first-order valence-electron chi connectivity index (χ1n) is 8.54. The zero-order valence-corrected chi connectivity index (χ0v) is 16.0. The largest absolute Gasteiger partial charge is 0.481 e. The summed E-state index contributed by atoms with van der Waals surface area (Å²) >= 11 is 5.67. The van der Waals surface area contributed by atoms with Crippen LogP contribution >= 0.6 is 11.6 Å². The molecule has 0 bridgehead atoms. The Hall–Kier alpha value is -3.12. The summed E-state index contributed by atoms with van der Waals surface area (Å²) < 4.78 is 24.8. The number of carbonyl (C=O) groups is 1. The van der Waals surface area contributed by atoms with Crippen molar-refractivity contribution in [1.29, 1.82) is 0 Å². The molecule has 7 heteroatoms. The average Bonchev–Trinajstić information content (AvgIpc) is 2.67. The second-order valence-electron chi connectivity index (χ2n) is 6.08. The van der Waals surface area contributed by atoms with Crippen LogP contribution in [0.25, 0.3) is 0 Å². The molecule has 1 aromatic heterocycles. The zero-order chi connectivity index (χ0) is 20.1. The van der Waals surface area contributed by atoms with Gasteiger partial charge in [0.15, 0.2) is 11.9 Å². The van der Waals surface area contributed by atoms with Crippen LogP contribution in [0.5, 0.6) is 17.4 Å². The van der Waals surface area contributed by atoms with E-state index in [1.807, 2.05) is 31.2 Å². The Morgan fingerprint density at radius 3 is 2.50 bits per heavy atom. The van der Waals surface area contributed by atoms with Crippen LogP contribution in [0.1, 0.15) is 12.5 Å². The summed E-state index contributed by atoms with van der Waals surface area (Å²) in [6.07, 6.45) is 0.591. The van der Waals surface area contributed by atoms with Gasteiger partial charge in [-0.3, -0.25) is 4.79 Å². The van der Waals surface area contributed by atoms with Gasteiger partial charge >= 0.3 is 0 Å². The summed E-state index contributed by atoms with van der Waals surface area (Å²) in [5.41, 5.74) is 1.71. The van der Waals surface area contributed by atoms with E-state index < -0.39 is 11.9 Å². The SMILES string of the molecule is Cc1ccccc1NC(=O)[C@@H](C)Oc1ccc(Oc2ncc(Cl)cc2F)cc1. The average molecular weight is 401 g/mol. The number of nitrogens with zero attached hydrogens (tertiary/aromatic N) is 1. The third-order valence-corrected chi connectivity index (χ3v) is 4.10. The quantitative estimate of drug-likeness (QED) is 0.603. The molecule has 28 heavy (non-hydrogen) atoms. The normalized spacial score (nSPS) is 11.6. The van der Waals surface area contributed by atoms with Crippen LogP contribution in [-0.2, 0) is 4.79 Å². The van der Waals surface area contributed by atoms with Gasteiger partial charge in [-0.1, -0.05) is 29.8 Å². The van der Waals surface area contributed by atoms with E-state index in [9.17, 15) is 9.18 Å². The number of amides is 1. The summed E-state index contributed by atoms with van der Waals surface area (Å²) in [5, 5.41) is 3.02. The molecule has 3 aromatic rings. The molecule has 0 fully saturated rings. The number of nitrogens with one attached hydrogen (secondary N) is 1. The van der Waals surface area contributed by atoms with Crippen LogP contribution in [0, 0.1) is 12.7 Å². The van der Waals surface area contributed by atoms with Gasteiger partial charge in [0.1, 0.15) is 11.5 Å². The van der Waals surface area contributed by atoms with Crippen molar-refractivity contribution in [3.8, 4) is 17.4 Å². The summed E-state index contributed by atoms with van der Waals surface area (Å²) in [4.78, 5) is 16.1. The molecule has 0 aliphatic carbocycles. The van der Waals surface area contributed by atoms with E-state index in [0.29, 0.717) is 11.5 Å². The molecule has 1 N–H and O–H groups in total. The van der Waals surface area contributed by atoms with Crippen molar-refractivity contribution >= 4 is 23.2 Å². The molecule has 0 unspecified atom stereocenters. The monoisotopic (exact) mass is 400 g/mol. The Morgan fingerprint density at radius 2 is 1.82 bits per heavy atom. The molecule has 3 rings (SSSR count). The Morgan fingerprint density at radius 1 is 1.14 bits per heavy atom. The minimum atomic E-state index is -0.707. The molecular formula is C21H18ClFN2O3. The van der Waals surface area contributed by atoms with E-state index >= 15 is 0 Å². The van der Waals surface area contributed by atoms with Gasteiger partial charge in [0.25, 0.3) is 11.8 Å². The highest BCUT2D eigenvalue weighted by atomic mass is 35.5. The van der Waals surface area contributed by atoms with Gasteiger partial charge < -0.3 is 14.8 Å². The van der Waals surface area contributed by atoms with Crippen molar-refractivity contribution in [3.05, 3.63) is 77.2 Å². The molecular weight excluding hydrogens is 383 g/mol. The van der Waals surface area contributed by atoms with Gasteiger partial charge in [-0.05, 0) is 55.8 Å². The maximum atomic E-state index is 13.7. The molecule has 0 radical (unpaired) electrons. The Balaban J connectivity index is 1.60. The van der Waals surface area contributed by atoms with Crippen LogP contribution in [0.4, 0.5) is 10.1 Å². The Labute approximate surface area is 167 Å². The molecule has 0 saturated carbocycles. The van der Waals surface area contributed by atoms with E-state index in [-0.39, 0.29) is 16.8 Å². The number of para-hydroxylation sites is 1. The minimum absolute atomic E-state index is 0.177. The fourth-order valence-corrected chi connectivity index (χ4v) is 2.52. The van der Waals surface area contributed by atoms with Crippen molar-refractivity contribution in [1.82, 2.24) is 4.98 Å². The number of rotatable bonds is 6. The number of carbonyl (C=O) groups excluding carboxylic acids is 1. The van der Waals surface area contributed by atoms with Gasteiger partial charge in [-0.25, -0.2) is 9.37 Å². The second kappa shape index (κ2) is 8.71. The third kappa shape index (κ3) is 4.98. The number of anilines is 1. The summed E-state index contributed by atoms with van der Waals surface area (Å²) in [6.45, 7) is 3.57. The van der Waals surface area contributed by atoms with Crippen molar-refractivity contribution < 1.29 is 18.7 Å². The van der Waals surface area contributed by atoms with Crippen LogP contribution in [0.3, 0.4) is 0 Å². The van der Waals surface area contributed by atoms with Crippen LogP contribution in [-0.4, -0.2) is 17.0 Å². The molecule has 0 spiro atoms. The number of hydrogen-bond acceptors (Lipinski definition) is 4. The smallest absolute Gasteiger partial charge is 0.265 e. The molecule has 1 heterocycles. The van der Waals surface area contributed by atoms with Gasteiger partial charge in [-0.2, -0.15) is 0 Å². The van der Waals surface area contributed by atoms with Gasteiger partial charge in [0.2, 0.25) is 0 Å². The predicted molar refractivity (Wildman–Crippen MR) is 106 cm³/mol. The van der Waals surface area contributed by atoms with Crippen molar-refractivity contribution in [2.45, 2.75) is 20.0 Å². The van der Waals surface area contributed by atoms with Gasteiger partial charge in [-0.15, -0.1) is 0 Å². The molecule has 0 saturated heterocycles. The lowest BCUT2D eigenvalue weighted by Gasteiger charge is -2.16. The number of pyridine rings is 1. The molecule has 0 aliphatic heterocycles. The molecule has 1 atom stereocenters. The topological polar surface area (TPSA) is 60.5 Å². The predicted octanol–water partition coefficient (Wildman–Crippen LogP) is 5.38. The first kappa shape index (κ1) is 19.6. The Bertz CT molecular complexity index is 980. The van der Waals surface area contributed by atoms with E-state index in [1.54, 1.807) is 31.2 Å². The molecule has 5 nitrogen and oxygen atoms in total. The summed E-state index contributed by atoms with van der Waals surface area (Å²) in [5.74, 6) is -0.247. The zero-order valence-electron chi connectivity index (χ0n) is 15.3. The number of ether oxygens (including phenoxy) is 2. The highest BCUT2D eigenvalue weighted by Crippen LogP contribution is 2.26. The summed E-state index contributed by atoms with van der Waals surface area (Å²) in [7, 11) is 0. The lowest BCUT2D eigenvalue weighted by atomic mass is 10.2. The van der Waals surface area contributed by atoms with Crippen molar-refractivity contribution in [3.63, 3.8) is 0 Å². The van der Waals surface area contributed by atoms with E-state index in [4.69, 9.17) is 21.1 Å². The number of hydrogen-bond donors (Lipinski definition) is 1. The maximum absolute atomic E-state index is 13.7. The van der Waals surface area contributed by atoms with Crippen LogP contribution < -0.4 is 14.8 Å². The first-order chi connectivity index (χ1) is 13.4. The van der Waals surface area contributed by atoms with Crippen molar-refractivity contribution in [2.75, 3.05) is 5.32 Å². The number of benzene rings is 2. The van der Waals surface area contributed by atoms with Gasteiger partial charge in [0, 0.05) is 11.9 Å². The van der Waals surface area contributed by atoms with Gasteiger partial charge in [0.05, 0.1) is 5.02 Å².